The monoisotopic (exact) mass is 346 g/mol. The van der Waals surface area contributed by atoms with Gasteiger partial charge in [0.2, 0.25) is 0 Å². The number of hydrogen-bond donors (Lipinski definition) is 0. The van der Waals surface area contributed by atoms with Gasteiger partial charge in [-0.05, 0) is 6.42 Å². The van der Waals surface area contributed by atoms with Crippen molar-refractivity contribution >= 4 is 15.9 Å². The molecule has 2 aromatic heterocycles. The lowest BCUT2D eigenvalue weighted by Crippen LogP contribution is -2.00. The van der Waals surface area contributed by atoms with E-state index in [1.807, 2.05) is 42.6 Å². The molecule has 0 radical (unpaired) electrons. The summed E-state index contributed by atoms with van der Waals surface area (Å²) < 4.78 is 7.15. The Balaban J connectivity index is 1.74. The quantitative estimate of drug-likeness (QED) is 0.659. The Bertz CT molecular complexity index is 707. The van der Waals surface area contributed by atoms with Gasteiger partial charge in [-0.2, -0.15) is 0 Å². The first-order chi connectivity index (χ1) is 10.3. The molecule has 1 aromatic carbocycles. The van der Waals surface area contributed by atoms with E-state index in [1.165, 1.54) is 0 Å². The highest BCUT2D eigenvalue weighted by Crippen LogP contribution is 2.24. The number of rotatable bonds is 5. The maximum Gasteiger partial charge on any atom is 0.167 e. The topological polar surface area (TPSA) is 56.7 Å². The van der Waals surface area contributed by atoms with Gasteiger partial charge in [-0.3, -0.25) is 0 Å². The molecule has 0 fully saturated rings. The van der Waals surface area contributed by atoms with Crippen molar-refractivity contribution in [1.82, 2.24) is 20.2 Å². The fourth-order valence-corrected chi connectivity index (χ4v) is 2.24. The molecule has 0 aliphatic heterocycles. The van der Waals surface area contributed by atoms with E-state index < -0.39 is 0 Å². The predicted octanol–water partition coefficient (Wildman–Crippen LogP) is 3.83. The number of hydrogen-bond acceptors (Lipinski definition) is 4. The van der Waals surface area contributed by atoms with Gasteiger partial charge in [0.15, 0.2) is 5.76 Å². The molecule has 3 rings (SSSR count). The zero-order valence-corrected chi connectivity index (χ0v) is 13.2. The van der Waals surface area contributed by atoms with Gasteiger partial charge in [-0.25, -0.2) is 4.68 Å². The molecule has 0 saturated carbocycles. The van der Waals surface area contributed by atoms with Gasteiger partial charge in [-0.15, -0.1) is 5.10 Å². The van der Waals surface area contributed by atoms with Gasteiger partial charge in [0.1, 0.15) is 5.69 Å². The predicted molar refractivity (Wildman–Crippen MR) is 83.0 cm³/mol. The molecule has 0 aliphatic rings. The summed E-state index contributed by atoms with van der Waals surface area (Å²) in [6, 6.07) is 11.8. The van der Waals surface area contributed by atoms with Gasteiger partial charge >= 0.3 is 0 Å². The lowest BCUT2D eigenvalue weighted by Gasteiger charge is -1.98. The molecule has 0 aliphatic carbocycles. The zero-order valence-electron chi connectivity index (χ0n) is 11.6. The Morgan fingerprint density at radius 3 is 2.86 bits per heavy atom. The van der Waals surface area contributed by atoms with Crippen LogP contribution in [0.15, 0.2) is 47.1 Å². The van der Waals surface area contributed by atoms with Crippen LogP contribution in [0.25, 0.3) is 11.3 Å². The standard InChI is InChI=1S/C15H15BrN4O/c1-2-13(16)14-10-20(19-17-14)9-12-8-15(21-18-12)11-6-4-3-5-7-11/h3-8,10,13H,2,9H2,1H3. The smallest absolute Gasteiger partial charge is 0.167 e. The second-order valence-electron chi connectivity index (χ2n) is 4.77. The highest BCUT2D eigenvalue weighted by molar-refractivity contribution is 9.09. The molecule has 0 saturated heterocycles. The summed E-state index contributed by atoms with van der Waals surface area (Å²) in [5, 5.41) is 12.4. The molecular weight excluding hydrogens is 332 g/mol. The van der Waals surface area contributed by atoms with E-state index in [0.29, 0.717) is 6.54 Å². The average Bonchev–Trinajstić information content (AvgIpc) is 3.17. The Hall–Kier alpha value is -1.95. The van der Waals surface area contributed by atoms with Crippen molar-refractivity contribution in [1.29, 1.82) is 0 Å². The van der Waals surface area contributed by atoms with Crippen molar-refractivity contribution in [2.45, 2.75) is 24.7 Å². The molecule has 0 N–H and O–H groups in total. The lowest BCUT2D eigenvalue weighted by atomic mass is 10.2. The van der Waals surface area contributed by atoms with Gasteiger partial charge in [-0.1, -0.05) is 63.6 Å². The summed E-state index contributed by atoms with van der Waals surface area (Å²) in [7, 11) is 0. The van der Waals surface area contributed by atoms with Crippen LogP contribution in [0.3, 0.4) is 0 Å². The summed E-state index contributed by atoms with van der Waals surface area (Å²) in [5.74, 6) is 0.762. The van der Waals surface area contributed by atoms with Crippen LogP contribution in [0.5, 0.6) is 0 Å². The van der Waals surface area contributed by atoms with E-state index in [0.717, 1.165) is 29.1 Å². The van der Waals surface area contributed by atoms with Crippen LogP contribution in [-0.4, -0.2) is 20.2 Å². The zero-order chi connectivity index (χ0) is 14.7. The van der Waals surface area contributed by atoms with Crippen LogP contribution in [0.4, 0.5) is 0 Å². The minimum absolute atomic E-state index is 0.239. The van der Waals surface area contributed by atoms with E-state index in [1.54, 1.807) is 4.68 Å². The van der Waals surface area contributed by atoms with Crippen LogP contribution in [0.1, 0.15) is 29.6 Å². The highest BCUT2D eigenvalue weighted by atomic mass is 79.9. The van der Waals surface area contributed by atoms with Gasteiger partial charge < -0.3 is 4.52 Å². The van der Waals surface area contributed by atoms with Crippen molar-refractivity contribution in [2.24, 2.45) is 0 Å². The summed E-state index contributed by atoms with van der Waals surface area (Å²) in [6.07, 6.45) is 2.90. The van der Waals surface area contributed by atoms with Crippen molar-refractivity contribution in [3.05, 3.63) is 54.0 Å². The fraction of sp³-hybridized carbons (Fsp3) is 0.267. The molecule has 1 unspecified atom stereocenters. The van der Waals surface area contributed by atoms with Crippen molar-refractivity contribution in [2.75, 3.05) is 0 Å². The minimum atomic E-state index is 0.239. The molecule has 0 amide bonds. The number of nitrogens with zero attached hydrogens (tertiary/aromatic N) is 4. The molecule has 0 spiro atoms. The lowest BCUT2D eigenvalue weighted by molar-refractivity contribution is 0.419. The Morgan fingerprint density at radius 2 is 2.10 bits per heavy atom. The number of alkyl halides is 1. The number of aromatic nitrogens is 4. The Labute approximate surface area is 131 Å². The van der Waals surface area contributed by atoms with Crippen molar-refractivity contribution < 1.29 is 4.52 Å². The van der Waals surface area contributed by atoms with Crippen LogP contribution in [-0.2, 0) is 6.54 Å². The number of benzene rings is 1. The summed E-state index contributed by atoms with van der Waals surface area (Å²) in [4.78, 5) is 0.239. The van der Waals surface area contributed by atoms with Gasteiger partial charge in [0.25, 0.3) is 0 Å². The molecule has 6 heteroatoms. The third-order valence-corrected chi connectivity index (χ3v) is 4.29. The summed E-state index contributed by atoms with van der Waals surface area (Å²) in [5.41, 5.74) is 2.78. The fourth-order valence-electron chi connectivity index (χ4n) is 2.03. The van der Waals surface area contributed by atoms with Crippen LogP contribution in [0.2, 0.25) is 0 Å². The first-order valence-corrected chi connectivity index (χ1v) is 7.73. The Kier molecular flexibility index (Phi) is 4.15. The maximum absolute atomic E-state index is 5.38. The van der Waals surface area contributed by atoms with E-state index in [9.17, 15) is 0 Å². The largest absolute Gasteiger partial charge is 0.356 e. The van der Waals surface area contributed by atoms with Crippen LogP contribution in [0, 0.1) is 0 Å². The molecular formula is C15H15BrN4O. The molecule has 21 heavy (non-hydrogen) atoms. The van der Waals surface area contributed by atoms with Gasteiger partial charge in [0.05, 0.1) is 23.3 Å². The second kappa shape index (κ2) is 6.22. The van der Waals surface area contributed by atoms with E-state index >= 15 is 0 Å². The summed E-state index contributed by atoms with van der Waals surface area (Å²) >= 11 is 3.57. The van der Waals surface area contributed by atoms with E-state index in [-0.39, 0.29) is 4.83 Å². The molecule has 108 valence electrons. The number of halogens is 1. The third kappa shape index (κ3) is 3.21. The van der Waals surface area contributed by atoms with Crippen LogP contribution < -0.4 is 0 Å². The van der Waals surface area contributed by atoms with E-state index in [2.05, 4.69) is 38.3 Å². The van der Waals surface area contributed by atoms with Crippen molar-refractivity contribution in [3.8, 4) is 11.3 Å². The molecule has 2 heterocycles. The molecule has 1 atom stereocenters. The highest BCUT2D eigenvalue weighted by Gasteiger charge is 2.11. The van der Waals surface area contributed by atoms with Crippen LogP contribution >= 0.6 is 15.9 Å². The third-order valence-electron chi connectivity index (χ3n) is 3.18. The molecule has 3 aromatic rings. The maximum atomic E-state index is 5.38. The van der Waals surface area contributed by atoms with Gasteiger partial charge in [0, 0.05) is 11.6 Å². The molecule has 5 nitrogen and oxygen atoms in total. The average molecular weight is 347 g/mol. The molecule has 0 bridgehead atoms. The second-order valence-corrected chi connectivity index (χ2v) is 5.87. The minimum Gasteiger partial charge on any atom is -0.356 e. The first-order valence-electron chi connectivity index (χ1n) is 6.81. The normalized spacial score (nSPS) is 12.5. The SMILES string of the molecule is CCC(Br)c1cn(Cc2cc(-c3ccccc3)on2)nn1. The summed E-state index contributed by atoms with van der Waals surface area (Å²) in [6.45, 7) is 2.65. The van der Waals surface area contributed by atoms with E-state index in [4.69, 9.17) is 4.52 Å². The van der Waals surface area contributed by atoms with Crippen molar-refractivity contribution in [3.63, 3.8) is 0 Å². The first kappa shape index (κ1) is 14.0. The Morgan fingerprint density at radius 1 is 1.29 bits per heavy atom.